The van der Waals surface area contributed by atoms with Crippen molar-refractivity contribution in [3.05, 3.63) is 0 Å². The average molecular weight is 412 g/mol. The Morgan fingerprint density at radius 3 is 2.45 bits per heavy atom. The lowest BCUT2D eigenvalue weighted by Crippen LogP contribution is -2.52. The number of ether oxygens (including phenoxy) is 1. The van der Waals surface area contributed by atoms with Gasteiger partial charge in [-0.3, -0.25) is 9.59 Å². The number of nitrogens with one attached hydrogen (secondary N) is 3. The number of aliphatic hydroxyl groups is 1. The fraction of sp³-hybridized carbons (Fsp3) is 0.857. The lowest BCUT2D eigenvalue weighted by atomic mass is 9.84. The van der Waals surface area contributed by atoms with Crippen LogP contribution in [0.5, 0.6) is 0 Å². The van der Waals surface area contributed by atoms with Crippen molar-refractivity contribution < 1.29 is 24.2 Å². The van der Waals surface area contributed by atoms with Gasteiger partial charge in [-0.2, -0.15) is 0 Å². The maximum atomic E-state index is 12.9. The highest BCUT2D eigenvalue weighted by molar-refractivity contribution is 5.86. The third-order valence-corrected chi connectivity index (χ3v) is 5.75. The third kappa shape index (κ3) is 8.20. The Morgan fingerprint density at radius 1 is 1.14 bits per heavy atom. The van der Waals surface area contributed by atoms with E-state index in [1.54, 1.807) is 0 Å². The van der Waals surface area contributed by atoms with Gasteiger partial charge in [0.05, 0.1) is 19.3 Å². The largest absolute Gasteiger partial charge is 0.449 e. The molecule has 29 heavy (non-hydrogen) atoms. The molecule has 4 N–H and O–H groups in total. The van der Waals surface area contributed by atoms with E-state index in [0.29, 0.717) is 38.3 Å². The van der Waals surface area contributed by atoms with E-state index < -0.39 is 18.2 Å². The Labute approximate surface area is 173 Å². The van der Waals surface area contributed by atoms with Gasteiger partial charge >= 0.3 is 6.09 Å². The molecule has 3 atom stereocenters. The Bertz CT molecular complexity index is 548. The molecular formula is C21H37N3O5. The summed E-state index contributed by atoms with van der Waals surface area (Å²) in [6.45, 7) is 4.57. The van der Waals surface area contributed by atoms with E-state index in [9.17, 15) is 19.5 Å². The molecule has 0 radical (unpaired) electrons. The SMILES string of the molecule is CC(C)COC(=O)N[C@@H](CC1CCCCC1)C(=O)N[C@H](CO)C[C@@H]1CCNC1=O. The molecule has 1 saturated carbocycles. The Hall–Kier alpha value is -1.83. The summed E-state index contributed by atoms with van der Waals surface area (Å²) in [5, 5.41) is 18.0. The van der Waals surface area contributed by atoms with Crippen molar-refractivity contribution in [3.63, 3.8) is 0 Å². The smallest absolute Gasteiger partial charge is 0.407 e. The van der Waals surface area contributed by atoms with Gasteiger partial charge in [0.15, 0.2) is 0 Å². The van der Waals surface area contributed by atoms with Gasteiger partial charge in [-0.15, -0.1) is 0 Å². The highest BCUT2D eigenvalue weighted by Gasteiger charge is 2.31. The molecule has 0 bridgehead atoms. The minimum Gasteiger partial charge on any atom is -0.449 e. The first-order chi connectivity index (χ1) is 13.9. The molecule has 0 aromatic heterocycles. The van der Waals surface area contributed by atoms with Gasteiger partial charge in [0.1, 0.15) is 6.04 Å². The summed E-state index contributed by atoms with van der Waals surface area (Å²) in [5.74, 6) is 0.0374. The fourth-order valence-corrected chi connectivity index (χ4v) is 4.11. The van der Waals surface area contributed by atoms with E-state index in [1.807, 2.05) is 13.8 Å². The molecule has 8 heteroatoms. The van der Waals surface area contributed by atoms with Crippen molar-refractivity contribution in [2.75, 3.05) is 19.8 Å². The Morgan fingerprint density at radius 2 is 1.86 bits per heavy atom. The van der Waals surface area contributed by atoms with E-state index in [1.165, 1.54) is 6.42 Å². The van der Waals surface area contributed by atoms with Crippen LogP contribution >= 0.6 is 0 Å². The van der Waals surface area contributed by atoms with Crippen LogP contribution in [0, 0.1) is 17.8 Å². The van der Waals surface area contributed by atoms with Gasteiger partial charge < -0.3 is 25.8 Å². The van der Waals surface area contributed by atoms with Crippen LogP contribution < -0.4 is 16.0 Å². The summed E-state index contributed by atoms with van der Waals surface area (Å²) < 4.78 is 5.19. The second kappa shape index (κ2) is 12.0. The first-order valence-corrected chi connectivity index (χ1v) is 11.0. The Balaban J connectivity index is 1.95. The summed E-state index contributed by atoms with van der Waals surface area (Å²) in [7, 11) is 0. The molecule has 2 fully saturated rings. The van der Waals surface area contributed by atoms with Gasteiger partial charge in [0, 0.05) is 12.5 Å². The lowest BCUT2D eigenvalue weighted by molar-refractivity contribution is -0.126. The molecule has 0 aromatic rings. The number of carbonyl (C=O) groups excluding carboxylic acids is 3. The zero-order valence-corrected chi connectivity index (χ0v) is 17.7. The number of hydrogen-bond donors (Lipinski definition) is 4. The zero-order chi connectivity index (χ0) is 21.2. The predicted molar refractivity (Wildman–Crippen MR) is 109 cm³/mol. The zero-order valence-electron chi connectivity index (χ0n) is 17.7. The maximum absolute atomic E-state index is 12.9. The van der Waals surface area contributed by atoms with Crippen LogP contribution in [0.4, 0.5) is 4.79 Å². The summed E-state index contributed by atoms with van der Waals surface area (Å²) in [6, 6.07) is -1.22. The topological polar surface area (TPSA) is 117 Å². The number of carbonyl (C=O) groups is 3. The van der Waals surface area contributed by atoms with E-state index >= 15 is 0 Å². The van der Waals surface area contributed by atoms with Crippen LogP contribution in [0.3, 0.4) is 0 Å². The summed E-state index contributed by atoms with van der Waals surface area (Å²) in [4.78, 5) is 36.9. The van der Waals surface area contributed by atoms with Gasteiger partial charge in [-0.05, 0) is 31.1 Å². The second-order valence-electron chi connectivity index (χ2n) is 8.83. The second-order valence-corrected chi connectivity index (χ2v) is 8.83. The molecule has 1 aliphatic heterocycles. The number of hydrogen-bond acceptors (Lipinski definition) is 5. The van der Waals surface area contributed by atoms with Gasteiger partial charge in [-0.25, -0.2) is 4.79 Å². The van der Waals surface area contributed by atoms with Crippen LogP contribution in [-0.2, 0) is 14.3 Å². The van der Waals surface area contributed by atoms with Crippen LogP contribution in [0.15, 0.2) is 0 Å². The van der Waals surface area contributed by atoms with Crippen LogP contribution in [-0.4, -0.2) is 54.9 Å². The minimum atomic E-state index is -0.704. The summed E-state index contributed by atoms with van der Waals surface area (Å²) in [6.07, 6.45) is 6.68. The Kier molecular flexibility index (Phi) is 9.70. The maximum Gasteiger partial charge on any atom is 0.407 e. The molecule has 3 amide bonds. The normalized spacial score (nSPS) is 22.1. The van der Waals surface area contributed by atoms with Crippen LogP contribution in [0.1, 0.15) is 65.2 Å². The first-order valence-electron chi connectivity index (χ1n) is 11.0. The molecule has 1 heterocycles. The predicted octanol–water partition coefficient (Wildman–Crippen LogP) is 1.71. The first kappa shape index (κ1) is 23.4. The van der Waals surface area contributed by atoms with E-state index in [4.69, 9.17) is 4.74 Å². The van der Waals surface area contributed by atoms with E-state index in [0.717, 1.165) is 25.7 Å². The quantitative estimate of drug-likeness (QED) is 0.437. The lowest BCUT2D eigenvalue weighted by Gasteiger charge is -2.28. The molecule has 2 rings (SSSR count). The van der Waals surface area contributed by atoms with Crippen molar-refractivity contribution in [1.82, 2.24) is 16.0 Å². The molecule has 0 spiro atoms. The number of amides is 3. The summed E-state index contributed by atoms with van der Waals surface area (Å²) >= 11 is 0. The van der Waals surface area contributed by atoms with Gasteiger partial charge in [0.2, 0.25) is 11.8 Å². The standard InChI is InChI=1S/C21H37N3O5/c1-14(2)13-29-21(28)24-18(10-15-6-4-3-5-7-15)20(27)23-17(12-25)11-16-8-9-22-19(16)26/h14-18,25H,3-13H2,1-2H3,(H,22,26)(H,23,27)(H,24,28)/t16-,17-,18-/m0/s1. The van der Waals surface area contributed by atoms with Gasteiger partial charge in [-0.1, -0.05) is 46.0 Å². The molecule has 166 valence electrons. The molecule has 2 aliphatic rings. The molecule has 1 saturated heterocycles. The number of aliphatic hydroxyl groups excluding tert-OH is 1. The fourth-order valence-electron chi connectivity index (χ4n) is 4.11. The van der Waals surface area contributed by atoms with Crippen LogP contribution in [0.2, 0.25) is 0 Å². The molecular weight excluding hydrogens is 374 g/mol. The van der Waals surface area contributed by atoms with Crippen LogP contribution in [0.25, 0.3) is 0 Å². The van der Waals surface area contributed by atoms with Crippen molar-refractivity contribution in [1.29, 1.82) is 0 Å². The van der Waals surface area contributed by atoms with Crippen molar-refractivity contribution in [3.8, 4) is 0 Å². The van der Waals surface area contributed by atoms with Crippen molar-refractivity contribution in [2.45, 2.75) is 77.3 Å². The third-order valence-electron chi connectivity index (χ3n) is 5.75. The average Bonchev–Trinajstić information content (AvgIpc) is 3.10. The number of alkyl carbamates (subject to hydrolysis) is 1. The highest BCUT2D eigenvalue weighted by Crippen LogP contribution is 2.27. The van der Waals surface area contributed by atoms with Crippen molar-refractivity contribution in [2.24, 2.45) is 17.8 Å². The van der Waals surface area contributed by atoms with Crippen molar-refractivity contribution >= 4 is 17.9 Å². The molecule has 0 unspecified atom stereocenters. The van der Waals surface area contributed by atoms with E-state index in [2.05, 4.69) is 16.0 Å². The number of rotatable bonds is 10. The summed E-state index contributed by atoms with van der Waals surface area (Å²) in [5.41, 5.74) is 0. The molecule has 8 nitrogen and oxygen atoms in total. The minimum absolute atomic E-state index is 0.0353. The van der Waals surface area contributed by atoms with E-state index in [-0.39, 0.29) is 30.3 Å². The molecule has 1 aliphatic carbocycles. The van der Waals surface area contributed by atoms with Gasteiger partial charge in [0.25, 0.3) is 0 Å². The molecule has 0 aromatic carbocycles. The highest BCUT2D eigenvalue weighted by atomic mass is 16.5. The monoisotopic (exact) mass is 411 g/mol.